The van der Waals surface area contributed by atoms with Gasteiger partial charge >= 0.3 is 0 Å². The van der Waals surface area contributed by atoms with E-state index in [1.807, 2.05) is 17.5 Å². The van der Waals surface area contributed by atoms with E-state index in [9.17, 15) is 14.9 Å². The fourth-order valence-electron chi connectivity index (χ4n) is 3.28. The van der Waals surface area contributed by atoms with E-state index in [4.69, 9.17) is 0 Å². The van der Waals surface area contributed by atoms with E-state index in [1.165, 1.54) is 29.5 Å². The van der Waals surface area contributed by atoms with Gasteiger partial charge < -0.3 is 4.90 Å². The van der Waals surface area contributed by atoms with Crippen LogP contribution < -0.4 is 0 Å². The van der Waals surface area contributed by atoms with Gasteiger partial charge in [0.05, 0.1) is 11.0 Å². The summed E-state index contributed by atoms with van der Waals surface area (Å²) in [6.07, 6.45) is 4.52. The number of rotatable bonds is 4. The SMILES string of the molecule is O=C(c1ccc(-n2cncn2)c([N+](=O)[O-])c1)N1CCCC1c1cccs1. The summed E-state index contributed by atoms with van der Waals surface area (Å²) in [5.41, 5.74) is 0.414. The van der Waals surface area contributed by atoms with Gasteiger partial charge in [-0.3, -0.25) is 14.9 Å². The first-order valence-electron chi connectivity index (χ1n) is 8.13. The predicted molar refractivity (Wildman–Crippen MR) is 95.3 cm³/mol. The van der Waals surface area contributed by atoms with Gasteiger partial charge in [0.25, 0.3) is 11.6 Å². The van der Waals surface area contributed by atoms with Crippen molar-refractivity contribution in [2.75, 3.05) is 6.54 Å². The molecular weight excluding hydrogens is 354 g/mol. The Kier molecular flexibility index (Phi) is 4.21. The van der Waals surface area contributed by atoms with E-state index in [-0.39, 0.29) is 23.3 Å². The van der Waals surface area contributed by atoms with Crippen LogP contribution in [0.1, 0.15) is 34.1 Å². The number of nitro groups is 1. The second kappa shape index (κ2) is 6.68. The van der Waals surface area contributed by atoms with Crippen molar-refractivity contribution in [3.8, 4) is 5.69 Å². The Hall–Kier alpha value is -3.07. The van der Waals surface area contributed by atoms with Crippen molar-refractivity contribution in [1.82, 2.24) is 19.7 Å². The third-order valence-corrected chi connectivity index (χ3v) is 5.44. The highest BCUT2D eigenvalue weighted by Gasteiger charge is 2.32. The highest BCUT2D eigenvalue weighted by Crippen LogP contribution is 2.36. The summed E-state index contributed by atoms with van der Waals surface area (Å²) in [5, 5.41) is 17.4. The molecule has 1 aliphatic heterocycles. The highest BCUT2D eigenvalue weighted by molar-refractivity contribution is 7.10. The summed E-state index contributed by atoms with van der Waals surface area (Å²) >= 11 is 1.62. The fraction of sp³-hybridized carbons (Fsp3) is 0.235. The van der Waals surface area contributed by atoms with Crippen LogP contribution in [0, 0.1) is 10.1 Å². The van der Waals surface area contributed by atoms with Crippen molar-refractivity contribution in [3.05, 3.63) is 68.9 Å². The number of hydrogen-bond acceptors (Lipinski definition) is 6. The molecule has 1 amide bonds. The average molecular weight is 369 g/mol. The molecule has 4 rings (SSSR count). The van der Waals surface area contributed by atoms with Gasteiger partial charge in [0.2, 0.25) is 0 Å². The van der Waals surface area contributed by atoms with Crippen LogP contribution >= 0.6 is 11.3 Å². The lowest BCUT2D eigenvalue weighted by atomic mass is 10.1. The predicted octanol–water partition coefficient (Wildman–Crippen LogP) is 3.21. The van der Waals surface area contributed by atoms with Crippen LogP contribution in [0.3, 0.4) is 0 Å². The highest BCUT2D eigenvalue weighted by atomic mass is 32.1. The monoisotopic (exact) mass is 369 g/mol. The van der Waals surface area contributed by atoms with E-state index >= 15 is 0 Å². The van der Waals surface area contributed by atoms with E-state index in [2.05, 4.69) is 10.1 Å². The Morgan fingerprint density at radius 2 is 2.23 bits per heavy atom. The smallest absolute Gasteiger partial charge is 0.295 e. The van der Waals surface area contributed by atoms with E-state index < -0.39 is 4.92 Å². The summed E-state index contributed by atoms with van der Waals surface area (Å²) in [4.78, 5) is 30.7. The standard InChI is InChI=1S/C17H15N5O3S/c23-17(20-7-1-3-14(20)16-4-2-8-26-16)12-5-6-13(15(9-12)22(24)25)21-11-18-10-19-21/h2,4-6,8-11,14H,1,3,7H2. The molecular formula is C17H15N5O3S. The zero-order chi connectivity index (χ0) is 18.1. The number of benzene rings is 1. The lowest BCUT2D eigenvalue weighted by Crippen LogP contribution is -2.30. The van der Waals surface area contributed by atoms with Crippen LogP contribution in [0.2, 0.25) is 0 Å². The number of hydrogen-bond donors (Lipinski definition) is 0. The van der Waals surface area contributed by atoms with Crippen molar-refractivity contribution in [3.63, 3.8) is 0 Å². The Bertz CT molecular complexity index is 939. The third kappa shape index (κ3) is 2.86. The molecule has 0 spiro atoms. The summed E-state index contributed by atoms with van der Waals surface area (Å²) in [5.74, 6) is -0.186. The van der Waals surface area contributed by atoms with Crippen molar-refractivity contribution >= 4 is 22.9 Å². The van der Waals surface area contributed by atoms with Crippen LogP contribution in [0.15, 0.2) is 48.4 Å². The third-order valence-electron chi connectivity index (χ3n) is 4.47. The minimum atomic E-state index is -0.505. The van der Waals surface area contributed by atoms with Gasteiger partial charge in [-0.25, -0.2) is 9.67 Å². The molecule has 26 heavy (non-hydrogen) atoms. The topological polar surface area (TPSA) is 94.2 Å². The molecule has 1 fully saturated rings. The van der Waals surface area contributed by atoms with Crippen LogP contribution in [0.5, 0.6) is 0 Å². The summed E-state index contributed by atoms with van der Waals surface area (Å²) in [6, 6.07) is 8.50. The second-order valence-corrected chi connectivity index (χ2v) is 6.95. The summed E-state index contributed by atoms with van der Waals surface area (Å²) in [6.45, 7) is 0.653. The van der Waals surface area contributed by atoms with Gasteiger partial charge in [0.1, 0.15) is 18.3 Å². The van der Waals surface area contributed by atoms with E-state index in [1.54, 1.807) is 22.3 Å². The fourth-order valence-corrected chi connectivity index (χ4v) is 4.15. The van der Waals surface area contributed by atoms with Crippen molar-refractivity contribution in [2.24, 2.45) is 0 Å². The number of carbonyl (C=O) groups is 1. The molecule has 132 valence electrons. The molecule has 8 nitrogen and oxygen atoms in total. The molecule has 9 heteroatoms. The largest absolute Gasteiger partial charge is 0.331 e. The van der Waals surface area contributed by atoms with Gasteiger partial charge in [-0.05, 0) is 36.4 Å². The Balaban J connectivity index is 1.68. The maximum absolute atomic E-state index is 13.0. The summed E-state index contributed by atoms with van der Waals surface area (Å²) < 4.78 is 1.32. The molecule has 0 aliphatic carbocycles. The van der Waals surface area contributed by atoms with E-state index in [0.717, 1.165) is 17.7 Å². The molecule has 1 atom stereocenters. The molecule has 1 saturated heterocycles. The number of nitrogens with zero attached hydrogens (tertiary/aromatic N) is 5. The minimum absolute atomic E-state index is 0.0385. The number of carbonyl (C=O) groups excluding carboxylic acids is 1. The first-order valence-corrected chi connectivity index (χ1v) is 9.01. The Morgan fingerprint density at radius 1 is 1.35 bits per heavy atom. The second-order valence-electron chi connectivity index (χ2n) is 5.97. The quantitative estimate of drug-likeness (QED) is 0.520. The molecule has 3 aromatic rings. The van der Waals surface area contributed by atoms with E-state index in [0.29, 0.717) is 12.1 Å². The van der Waals surface area contributed by atoms with Crippen molar-refractivity contribution in [1.29, 1.82) is 0 Å². The van der Waals surface area contributed by atoms with Gasteiger partial charge in [-0.1, -0.05) is 6.07 Å². The zero-order valence-electron chi connectivity index (χ0n) is 13.7. The van der Waals surface area contributed by atoms with Gasteiger partial charge in [0.15, 0.2) is 0 Å². The molecule has 2 aromatic heterocycles. The maximum atomic E-state index is 13.0. The lowest BCUT2D eigenvalue weighted by Gasteiger charge is -2.24. The average Bonchev–Trinajstić information content (AvgIpc) is 3.42. The number of amides is 1. The van der Waals surface area contributed by atoms with Crippen molar-refractivity contribution in [2.45, 2.75) is 18.9 Å². The molecule has 1 aliphatic rings. The lowest BCUT2D eigenvalue weighted by molar-refractivity contribution is -0.384. The molecule has 0 radical (unpaired) electrons. The molecule has 0 N–H and O–H groups in total. The van der Waals surface area contributed by atoms with Gasteiger partial charge in [-0.2, -0.15) is 5.10 Å². The van der Waals surface area contributed by atoms with Crippen LogP contribution in [-0.4, -0.2) is 37.0 Å². The van der Waals surface area contributed by atoms with Crippen LogP contribution in [0.4, 0.5) is 5.69 Å². The number of aromatic nitrogens is 3. The summed E-state index contributed by atoms with van der Waals surface area (Å²) in [7, 11) is 0. The normalized spacial score (nSPS) is 16.8. The first-order chi connectivity index (χ1) is 12.6. The minimum Gasteiger partial charge on any atom is -0.331 e. The number of nitro benzene ring substituents is 1. The molecule has 1 unspecified atom stereocenters. The van der Waals surface area contributed by atoms with Crippen LogP contribution in [0.25, 0.3) is 5.69 Å². The molecule has 0 saturated carbocycles. The van der Waals surface area contributed by atoms with Gasteiger partial charge in [0, 0.05) is 23.1 Å². The van der Waals surface area contributed by atoms with Crippen LogP contribution in [-0.2, 0) is 0 Å². The maximum Gasteiger partial charge on any atom is 0.295 e. The zero-order valence-corrected chi connectivity index (χ0v) is 14.5. The number of likely N-dealkylation sites (tertiary alicyclic amines) is 1. The number of thiophene rings is 1. The molecule has 1 aromatic carbocycles. The molecule has 3 heterocycles. The Morgan fingerprint density at radius 3 is 2.92 bits per heavy atom. The van der Waals surface area contributed by atoms with Gasteiger partial charge in [-0.15, -0.1) is 11.3 Å². The Labute approximate surface area is 152 Å². The van der Waals surface area contributed by atoms with Crippen molar-refractivity contribution < 1.29 is 9.72 Å². The molecule has 0 bridgehead atoms. The first kappa shape index (κ1) is 16.4.